The molecule has 1 saturated heterocycles. The molecule has 1 atom stereocenters. The number of alkyl halides is 3. The van der Waals surface area contributed by atoms with Crippen molar-refractivity contribution in [3.05, 3.63) is 41.3 Å². The van der Waals surface area contributed by atoms with Crippen LogP contribution < -0.4 is 10.1 Å². The van der Waals surface area contributed by atoms with Gasteiger partial charge in [0.15, 0.2) is 0 Å². The first-order valence-corrected chi connectivity index (χ1v) is 9.01. The fourth-order valence-corrected chi connectivity index (χ4v) is 3.80. The first kappa shape index (κ1) is 17.3. The van der Waals surface area contributed by atoms with Gasteiger partial charge in [0.25, 0.3) is 0 Å². The number of benzene rings is 1. The molecular weight excluding hydrogens is 335 g/mol. The molecular formula is C18H20F3NOS. The molecule has 0 spiro atoms. The molecule has 1 fully saturated rings. The molecule has 24 heavy (non-hydrogen) atoms. The molecule has 2 aromatic rings. The highest BCUT2D eigenvalue weighted by Crippen LogP contribution is 2.43. The van der Waals surface area contributed by atoms with Crippen molar-refractivity contribution in [2.45, 2.75) is 25.4 Å². The fourth-order valence-electron chi connectivity index (χ4n) is 3.05. The lowest BCUT2D eigenvalue weighted by atomic mass is 10.0. The summed E-state index contributed by atoms with van der Waals surface area (Å²) in [6, 6.07) is 7.87. The van der Waals surface area contributed by atoms with E-state index in [1.54, 1.807) is 6.07 Å². The summed E-state index contributed by atoms with van der Waals surface area (Å²) in [5, 5.41) is 5.15. The van der Waals surface area contributed by atoms with Gasteiger partial charge in [0.05, 0.1) is 12.2 Å². The van der Waals surface area contributed by atoms with E-state index in [0.29, 0.717) is 18.1 Å². The summed E-state index contributed by atoms with van der Waals surface area (Å²) in [5.74, 6) is 0.570. The molecule has 2 nitrogen and oxygen atoms in total. The maximum absolute atomic E-state index is 13.3. The number of nitrogens with one attached hydrogen (secondary N) is 1. The van der Waals surface area contributed by atoms with E-state index in [1.165, 1.54) is 17.4 Å². The molecule has 0 aliphatic carbocycles. The van der Waals surface area contributed by atoms with Crippen LogP contribution in [-0.2, 0) is 6.18 Å². The molecule has 0 saturated carbocycles. The minimum absolute atomic E-state index is 0.0444. The van der Waals surface area contributed by atoms with E-state index in [2.05, 4.69) is 5.32 Å². The molecule has 1 unspecified atom stereocenters. The third kappa shape index (κ3) is 4.11. The molecule has 2 heterocycles. The summed E-state index contributed by atoms with van der Waals surface area (Å²) in [5.41, 5.74) is -0.182. The maximum atomic E-state index is 13.3. The summed E-state index contributed by atoms with van der Waals surface area (Å²) in [6.45, 7) is 2.34. The first-order valence-electron chi connectivity index (χ1n) is 8.13. The van der Waals surface area contributed by atoms with Crippen molar-refractivity contribution >= 4 is 11.3 Å². The summed E-state index contributed by atoms with van der Waals surface area (Å²) < 4.78 is 45.7. The smallest absolute Gasteiger partial charge is 0.419 e. The van der Waals surface area contributed by atoms with E-state index in [-0.39, 0.29) is 5.75 Å². The minimum Gasteiger partial charge on any atom is -0.492 e. The average molecular weight is 355 g/mol. The molecule has 3 rings (SSSR count). The van der Waals surface area contributed by atoms with E-state index in [9.17, 15) is 13.2 Å². The molecule has 1 aromatic carbocycles. The van der Waals surface area contributed by atoms with Crippen molar-refractivity contribution in [3.63, 3.8) is 0 Å². The lowest BCUT2D eigenvalue weighted by molar-refractivity contribution is -0.138. The van der Waals surface area contributed by atoms with Crippen LogP contribution in [0.3, 0.4) is 0 Å². The zero-order valence-electron chi connectivity index (χ0n) is 13.2. The topological polar surface area (TPSA) is 21.3 Å². The van der Waals surface area contributed by atoms with Crippen molar-refractivity contribution in [1.82, 2.24) is 5.32 Å². The Bertz CT molecular complexity index is 649. The van der Waals surface area contributed by atoms with Crippen molar-refractivity contribution in [3.8, 4) is 16.2 Å². The molecule has 6 heteroatoms. The zero-order valence-corrected chi connectivity index (χ0v) is 14.1. The molecule has 0 bridgehead atoms. The van der Waals surface area contributed by atoms with Crippen LogP contribution in [0.2, 0.25) is 0 Å². The summed E-state index contributed by atoms with van der Waals surface area (Å²) in [6.07, 6.45) is -1.53. The van der Waals surface area contributed by atoms with Crippen LogP contribution in [0.1, 0.15) is 24.8 Å². The zero-order chi connectivity index (χ0) is 17.0. The Morgan fingerprint density at radius 2 is 2.08 bits per heavy atom. The first-order chi connectivity index (χ1) is 11.6. The highest BCUT2D eigenvalue weighted by molar-refractivity contribution is 7.13. The summed E-state index contributed by atoms with van der Waals surface area (Å²) in [4.78, 5) is 0.788. The number of para-hydroxylation sites is 1. The van der Waals surface area contributed by atoms with Gasteiger partial charge >= 0.3 is 6.18 Å². The SMILES string of the molecule is FC(F)(F)c1cccc(-c2cccs2)c1OCCCC1CCNC1. The van der Waals surface area contributed by atoms with Crippen molar-refractivity contribution < 1.29 is 17.9 Å². The van der Waals surface area contributed by atoms with Gasteiger partial charge in [-0.2, -0.15) is 13.2 Å². The van der Waals surface area contributed by atoms with Gasteiger partial charge in [0.2, 0.25) is 0 Å². The highest BCUT2D eigenvalue weighted by Gasteiger charge is 2.35. The van der Waals surface area contributed by atoms with E-state index in [0.717, 1.165) is 43.3 Å². The second kappa shape index (κ2) is 7.57. The number of hydrogen-bond donors (Lipinski definition) is 1. The van der Waals surface area contributed by atoms with Gasteiger partial charge < -0.3 is 10.1 Å². The average Bonchev–Trinajstić information content (AvgIpc) is 3.24. The Morgan fingerprint density at radius 1 is 1.21 bits per heavy atom. The van der Waals surface area contributed by atoms with Gasteiger partial charge in [0, 0.05) is 10.4 Å². The predicted molar refractivity (Wildman–Crippen MR) is 90.5 cm³/mol. The third-order valence-electron chi connectivity index (χ3n) is 4.27. The lowest BCUT2D eigenvalue weighted by Gasteiger charge is -2.17. The predicted octanol–water partition coefficient (Wildman–Crippen LogP) is 5.20. The second-order valence-electron chi connectivity index (χ2n) is 6.01. The Balaban J connectivity index is 1.75. The Kier molecular flexibility index (Phi) is 5.46. The van der Waals surface area contributed by atoms with Crippen LogP contribution >= 0.6 is 11.3 Å². The number of hydrogen-bond acceptors (Lipinski definition) is 3. The minimum atomic E-state index is -4.42. The summed E-state index contributed by atoms with van der Waals surface area (Å²) in [7, 11) is 0. The van der Waals surface area contributed by atoms with Gasteiger partial charge in [0.1, 0.15) is 5.75 Å². The number of thiophene rings is 1. The van der Waals surface area contributed by atoms with Gasteiger partial charge in [-0.3, -0.25) is 0 Å². The molecule has 0 amide bonds. The van der Waals surface area contributed by atoms with Crippen LogP contribution in [0.4, 0.5) is 13.2 Å². The maximum Gasteiger partial charge on any atom is 0.419 e. The molecule has 1 aliphatic heterocycles. The van der Waals surface area contributed by atoms with Crippen molar-refractivity contribution in [2.75, 3.05) is 19.7 Å². The van der Waals surface area contributed by atoms with E-state index in [4.69, 9.17) is 4.74 Å². The van der Waals surface area contributed by atoms with Crippen LogP contribution in [0.25, 0.3) is 10.4 Å². The van der Waals surface area contributed by atoms with E-state index in [1.807, 2.05) is 17.5 Å². The third-order valence-corrected chi connectivity index (χ3v) is 5.18. The van der Waals surface area contributed by atoms with E-state index >= 15 is 0 Å². The van der Waals surface area contributed by atoms with Gasteiger partial charge in [-0.15, -0.1) is 11.3 Å². The van der Waals surface area contributed by atoms with Crippen molar-refractivity contribution in [2.24, 2.45) is 5.92 Å². The highest BCUT2D eigenvalue weighted by atomic mass is 32.1. The van der Waals surface area contributed by atoms with Crippen LogP contribution in [0.5, 0.6) is 5.75 Å². The fraction of sp³-hybridized carbons (Fsp3) is 0.444. The number of ether oxygens (including phenoxy) is 1. The molecule has 1 aliphatic rings. The van der Waals surface area contributed by atoms with Gasteiger partial charge in [-0.05, 0) is 61.8 Å². The van der Waals surface area contributed by atoms with Crippen LogP contribution in [-0.4, -0.2) is 19.7 Å². The quantitative estimate of drug-likeness (QED) is 0.719. The normalized spacial score (nSPS) is 18.0. The monoisotopic (exact) mass is 355 g/mol. The number of halogens is 3. The van der Waals surface area contributed by atoms with Crippen LogP contribution in [0, 0.1) is 5.92 Å². The second-order valence-corrected chi connectivity index (χ2v) is 6.95. The van der Waals surface area contributed by atoms with Crippen molar-refractivity contribution in [1.29, 1.82) is 0 Å². The molecule has 130 valence electrons. The largest absolute Gasteiger partial charge is 0.492 e. The standard InChI is InChI=1S/C18H20F3NOS/c19-18(20,21)15-6-1-5-14(16-7-3-11-24-16)17(15)23-10-2-4-13-8-9-22-12-13/h1,3,5-7,11,13,22H,2,4,8-10,12H2. The Morgan fingerprint density at radius 3 is 2.75 bits per heavy atom. The summed E-state index contributed by atoms with van der Waals surface area (Å²) >= 11 is 1.41. The molecule has 1 N–H and O–H groups in total. The van der Waals surface area contributed by atoms with Gasteiger partial charge in [-0.1, -0.05) is 12.1 Å². The Labute approximate surface area is 143 Å². The number of rotatable bonds is 6. The Hall–Kier alpha value is -1.53. The molecule has 1 aromatic heterocycles. The van der Waals surface area contributed by atoms with Gasteiger partial charge in [-0.25, -0.2) is 0 Å². The lowest BCUT2D eigenvalue weighted by Crippen LogP contribution is -2.12. The molecule has 0 radical (unpaired) electrons. The van der Waals surface area contributed by atoms with E-state index < -0.39 is 11.7 Å². The van der Waals surface area contributed by atoms with Crippen LogP contribution in [0.15, 0.2) is 35.7 Å².